The largest absolute Gasteiger partial charge is 0.465 e. The lowest BCUT2D eigenvalue weighted by Crippen LogP contribution is -2.30. The molecule has 0 aliphatic carbocycles. The van der Waals surface area contributed by atoms with Crippen LogP contribution in [0.15, 0.2) is 18.2 Å². The van der Waals surface area contributed by atoms with E-state index in [1.54, 1.807) is 18.2 Å². The van der Waals surface area contributed by atoms with Crippen molar-refractivity contribution in [2.24, 2.45) is 0 Å². The number of carboxylic acid groups (broad SMARTS) is 1. The van der Waals surface area contributed by atoms with Crippen LogP contribution in [-0.4, -0.2) is 35.2 Å². The summed E-state index contributed by atoms with van der Waals surface area (Å²) >= 11 is 5.80. The van der Waals surface area contributed by atoms with Crippen LogP contribution in [0.1, 0.15) is 6.42 Å². The number of amides is 1. The molecule has 92 valence electrons. The minimum atomic E-state index is -0.877. The molecule has 0 aromatic heterocycles. The molecule has 1 amide bonds. The molecular weight excluding hydrogens is 242 g/mol. The van der Waals surface area contributed by atoms with E-state index in [0.29, 0.717) is 23.8 Å². The zero-order valence-corrected chi connectivity index (χ0v) is 9.94. The van der Waals surface area contributed by atoms with Crippen molar-refractivity contribution >= 4 is 29.1 Å². The second-order valence-electron chi connectivity index (χ2n) is 4.09. The highest BCUT2D eigenvalue weighted by Crippen LogP contribution is 2.25. The van der Waals surface area contributed by atoms with Gasteiger partial charge in [-0.2, -0.15) is 0 Å². The topological polar surface area (TPSA) is 78.6 Å². The molecule has 17 heavy (non-hydrogen) atoms. The van der Waals surface area contributed by atoms with Crippen LogP contribution in [0.25, 0.3) is 0 Å². The van der Waals surface area contributed by atoms with E-state index in [1.165, 1.54) is 4.90 Å². The number of carbonyl (C=O) groups is 1. The lowest BCUT2D eigenvalue weighted by molar-refractivity contribution is 0.155. The molecule has 1 aromatic rings. The first kappa shape index (κ1) is 11.9. The second-order valence-corrected chi connectivity index (χ2v) is 4.53. The molecule has 1 aromatic carbocycles. The molecule has 1 fully saturated rings. The molecule has 5 nitrogen and oxygen atoms in total. The molecule has 6 heteroatoms. The summed E-state index contributed by atoms with van der Waals surface area (Å²) in [5, 5.41) is 12.7. The fourth-order valence-electron chi connectivity index (χ4n) is 1.94. The third-order valence-corrected chi connectivity index (χ3v) is 3.07. The number of nitrogen functional groups attached to an aromatic ring is 1. The quantitative estimate of drug-likeness (QED) is 0.707. The minimum Gasteiger partial charge on any atom is -0.465 e. The van der Waals surface area contributed by atoms with Gasteiger partial charge in [-0.15, -0.1) is 0 Å². The van der Waals surface area contributed by atoms with Gasteiger partial charge in [0.15, 0.2) is 0 Å². The third-order valence-electron chi connectivity index (χ3n) is 2.83. The normalized spacial score (nSPS) is 19.4. The number of hydrogen-bond acceptors (Lipinski definition) is 3. The first-order valence-electron chi connectivity index (χ1n) is 5.35. The van der Waals surface area contributed by atoms with E-state index in [9.17, 15) is 4.79 Å². The summed E-state index contributed by atoms with van der Waals surface area (Å²) in [6, 6.07) is 5.34. The van der Waals surface area contributed by atoms with Crippen molar-refractivity contribution in [2.75, 3.05) is 24.1 Å². The van der Waals surface area contributed by atoms with E-state index in [1.807, 2.05) is 0 Å². The van der Waals surface area contributed by atoms with Gasteiger partial charge in [-0.3, -0.25) is 0 Å². The van der Waals surface area contributed by atoms with Crippen molar-refractivity contribution in [1.29, 1.82) is 0 Å². The van der Waals surface area contributed by atoms with Gasteiger partial charge in [0.25, 0.3) is 0 Å². The Hall–Kier alpha value is -1.62. The molecule has 1 saturated heterocycles. The minimum absolute atomic E-state index is 0.106. The van der Waals surface area contributed by atoms with Crippen LogP contribution in [0.4, 0.5) is 16.2 Å². The van der Waals surface area contributed by atoms with Crippen LogP contribution in [0, 0.1) is 0 Å². The number of likely N-dealkylation sites (tertiary alicyclic amines) is 1. The lowest BCUT2D eigenvalue weighted by atomic mass is 10.2. The fourth-order valence-corrected chi connectivity index (χ4v) is 2.12. The van der Waals surface area contributed by atoms with Gasteiger partial charge in [-0.1, -0.05) is 11.6 Å². The van der Waals surface area contributed by atoms with Crippen molar-refractivity contribution in [2.45, 2.75) is 12.5 Å². The summed E-state index contributed by atoms with van der Waals surface area (Å²) in [6.07, 6.45) is -0.0904. The Morgan fingerprint density at radius 3 is 2.94 bits per heavy atom. The summed E-state index contributed by atoms with van der Waals surface area (Å²) in [4.78, 5) is 12.2. The van der Waals surface area contributed by atoms with Crippen molar-refractivity contribution < 1.29 is 9.90 Å². The van der Waals surface area contributed by atoms with Gasteiger partial charge in [0.2, 0.25) is 0 Å². The molecular formula is C11H14ClN3O2. The van der Waals surface area contributed by atoms with E-state index in [-0.39, 0.29) is 6.04 Å². The molecule has 0 radical (unpaired) electrons. The van der Waals surface area contributed by atoms with E-state index >= 15 is 0 Å². The van der Waals surface area contributed by atoms with Crippen LogP contribution in [-0.2, 0) is 0 Å². The number of nitrogens with zero attached hydrogens (tertiary/aromatic N) is 1. The first-order valence-corrected chi connectivity index (χ1v) is 5.73. The Labute approximate surface area is 104 Å². The number of nitrogens with two attached hydrogens (primary N) is 1. The predicted molar refractivity (Wildman–Crippen MR) is 67.5 cm³/mol. The molecule has 1 heterocycles. The molecule has 2 rings (SSSR count). The molecule has 0 spiro atoms. The SMILES string of the molecule is Nc1cc(Cl)ccc1N[C@@H]1CCN(C(=O)O)C1. The second kappa shape index (κ2) is 4.71. The highest BCUT2D eigenvalue weighted by Gasteiger charge is 2.25. The Balaban J connectivity index is 2.00. The molecule has 1 aliphatic heterocycles. The number of nitrogens with one attached hydrogen (secondary N) is 1. The number of benzene rings is 1. The Kier molecular flexibility index (Phi) is 3.28. The van der Waals surface area contributed by atoms with Gasteiger partial charge in [0, 0.05) is 24.2 Å². The summed E-state index contributed by atoms with van der Waals surface area (Å²) < 4.78 is 0. The number of rotatable bonds is 2. The van der Waals surface area contributed by atoms with Gasteiger partial charge in [0.1, 0.15) is 0 Å². The van der Waals surface area contributed by atoms with Gasteiger partial charge < -0.3 is 21.1 Å². The average Bonchev–Trinajstić information content (AvgIpc) is 2.71. The fraction of sp³-hybridized carbons (Fsp3) is 0.364. The Morgan fingerprint density at radius 1 is 1.59 bits per heavy atom. The number of hydrogen-bond donors (Lipinski definition) is 3. The lowest BCUT2D eigenvalue weighted by Gasteiger charge is -2.16. The zero-order chi connectivity index (χ0) is 12.4. The van der Waals surface area contributed by atoms with E-state index < -0.39 is 6.09 Å². The number of halogens is 1. The van der Waals surface area contributed by atoms with Gasteiger partial charge in [-0.05, 0) is 24.6 Å². The van der Waals surface area contributed by atoms with Crippen LogP contribution in [0.5, 0.6) is 0 Å². The molecule has 4 N–H and O–H groups in total. The van der Waals surface area contributed by atoms with E-state index in [0.717, 1.165) is 12.1 Å². The molecule has 0 bridgehead atoms. The van der Waals surface area contributed by atoms with Crippen LogP contribution in [0.3, 0.4) is 0 Å². The van der Waals surface area contributed by atoms with E-state index in [2.05, 4.69) is 5.32 Å². The molecule has 0 unspecified atom stereocenters. The number of anilines is 2. The standard InChI is InChI=1S/C11H14ClN3O2/c12-7-1-2-10(9(13)5-7)14-8-3-4-15(6-8)11(16)17/h1-2,5,8,14H,3-4,6,13H2,(H,16,17)/t8-/m1/s1. The Bertz CT molecular complexity index is 439. The van der Waals surface area contributed by atoms with Crippen molar-refractivity contribution in [3.63, 3.8) is 0 Å². The zero-order valence-electron chi connectivity index (χ0n) is 9.19. The summed E-state index contributed by atoms with van der Waals surface area (Å²) in [5.74, 6) is 0. The van der Waals surface area contributed by atoms with Gasteiger partial charge >= 0.3 is 6.09 Å². The maximum Gasteiger partial charge on any atom is 0.407 e. The van der Waals surface area contributed by atoms with Crippen molar-refractivity contribution in [1.82, 2.24) is 4.90 Å². The van der Waals surface area contributed by atoms with Crippen LogP contribution >= 0.6 is 11.6 Å². The van der Waals surface area contributed by atoms with Crippen molar-refractivity contribution in [3.05, 3.63) is 23.2 Å². The smallest absolute Gasteiger partial charge is 0.407 e. The first-order chi connectivity index (χ1) is 8.06. The molecule has 1 aliphatic rings. The van der Waals surface area contributed by atoms with Crippen molar-refractivity contribution in [3.8, 4) is 0 Å². The third kappa shape index (κ3) is 2.74. The molecule has 1 atom stereocenters. The monoisotopic (exact) mass is 255 g/mol. The van der Waals surface area contributed by atoms with Gasteiger partial charge in [0.05, 0.1) is 11.4 Å². The summed E-state index contributed by atoms with van der Waals surface area (Å²) in [6.45, 7) is 1.04. The van der Waals surface area contributed by atoms with E-state index in [4.69, 9.17) is 22.4 Å². The summed E-state index contributed by atoms with van der Waals surface area (Å²) in [7, 11) is 0. The Morgan fingerprint density at radius 2 is 2.35 bits per heavy atom. The maximum atomic E-state index is 10.8. The average molecular weight is 256 g/mol. The van der Waals surface area contributed by atoms with Crippen LogP contribution in [0.2, 0.25) is 5.02 Å². The van der Waals surface area contributed by atoms with Crippen LogP contribution < -0.4 is 11.1 Å². The maximum absolute atomic E-state index is 10.8. The highest BCUT2D eigenvalue weighted by atomic mass is 35.5. The highest BCUT2D eigenvalue weighted by molar-refractivity contribution is 6.31. The summed E-state index contributed by atoms with van der Waals surface area (Å²) in [5.41, 5.74) is 7.19. The van der Waals surface area contributed by atoms with Gasteiger partial charge in [-0.25, -0.2) is 4.79 Å². The molecule has 0 saturated carbocycles. The predicted octanol–water partition coefficient (Wildman–Crippen LogP) is 2.09.